The van der Waals surface area contributed by atoms with Crippen molar-refractivity contribution in [1.82, 2.24) is 4.72 Å². The highest BCUT2D eigenvalue weighted by Crippen LogP contribution is 2.26. The zero-order chi connectivity index (χ0) is 17.6. The van der Waals surface area contributed by atoms with Crippen molar-refractivity contribution >= 4 is 21.6 Å². The number of nitrogens with one attached hydrogen (secondary N) is 2. The minimum atomic E-state index is -3.50. The summed E-state index contributed by atoms with van der Waals surface area (Å²) < 4.78 is 27.0. The van der Waals surface area contributed by atoms with Gasteiger partial charge in [-0.05, 0) is 56.4 Å². The summed E-state index contributed by atoms with van der Waals surface area (Å²) in [6.07, 6.45) is 7.25. The normalized spacial score (nSPS) is 17.4. The predicted octanol–water partition coefficient (Wildman–Crippen LogP) is 3.67. The highest BCUT2D eigenvalue weighted by atomic mass is 32.2. The van der Waals surface area contributed by atoms with Gasteiger partial charge in [-0.2, -0.15) is 0 Å². The van der Waals surface area contributed by atoms with Crippen molar-refractivity contribution in [2.75, 3.05) is 5.32 Å². The largest absolute Gasteiger partial charge is 0.326 e. The molecule has 6 heteroatoms. The van der Waals surface area contributed by atoms with Gasteiger partial charge in [0.1, 0.15) is 0 Å². The van der Waals surface area contributed by atoms with E-state index in [0.717, 1.165) is 19.3 Å². The third kappa shape index (κ3) is 5.60. The summed E-state index contributed by atoms with van der Waals surface area (Å²) >= 11 is 0. The van der Waals surface area contributed by atoms with E-state index in [2.05, 4.69) is 10.0 Å². The van der Waals surface area contributed by atoms with E-state index in [1.54, 1.807) is 12.1 Å². The molecule has 5 nitrogen and oxygen atoms in total. The molecule has 0 unspecified atom stereocenters. The number of anilines is 1. The third-order valence-electron chi connectivity index (χ3n) is 4.62. The lowest BCUT2D eigenvalue weighted by molar-refractivity contribution is -0.117. The molecule has 2 rings (SSSR count). The molecule has 1 fully saturated rings. The Hall–Kier alpha value is -1.40. The van der Waals surface area contributed by atoms with Gasteiger partial charge in [0, 0.05) is 18.2 Å². The van der Waals surface area contributed by atoms with E-state index >= 15 is 0 Å². The first kappa shape index (κ1) is 18.9. The molecule has 1 aliphatic carbocycles. The monoisotopic (exact) mass is 352 g/mol. The predicted molar refractivity (Wildman–Crippen MR) is 96.3 cm³/mol. The number of hydrogen-bond acceptors (Lipinski definition) is 3. The molecule has 0 heterocycles. The number of rotatable bonds is 7. The Morgan fingerprint density at radius 3 is 2.38 bits per heavy atom. The molecule has 0 bridgehead atoms. The molecule has 1 aromatic rings. The molecule has 1 atom stereocenters. The molecule has 0 spiro atoms. The van der Waals surface area contributed by atoms with Crippen molar-refractivity contribution in [3.8, 4) is 0 Å². The molecule has 134 valence electrons. The molecular formula is C18H28N2O3S. The lowest BCUT2D eigenvalue weighted by Gasteiger charge is -2.20. The van der Waals surface area contributed by atoms with Gasteiger partial charge in [0.25, 0.3) is 0 Å². The molecule has 0 radical (unpaired) electrons. The highest BCUT2D eigenvalue weighted by Gasteiger charge is 2.18. The molecule has 0 saturated heterocycles. The summed E-state index contributed by atoms with van der Waals surface area (Å²) in [5, 5.41) is 2.87. The maximum absolute atomic E-state index is 12.2. The van der Waals surface area contributed by atoms with Crippen molar-refractivity contribution in [2.24, 2.45) is 5.92 Å². The number of benzene rings is 1. The van der Waals surface area contributed by atoms with Gasteiger partial charge in [-0.15, -0.1) is 0 Å². The van der Waals surface area contributed by atoms with Gasteiger partial charge in [-0.3, -0.25) is 4.79 Å². The molecule has 1 aromatic carbocycles. The molecule has 1 aliphatic rings. The Kier molecular flexibility index (Phi) is 6.80. The van der Waals surface area contributed by atoms with E-state index in [0.29, 0.717) is 18.0 Å². The van der Waals surface area contributed by atoms with Gasteiger partial charge in [0.15, 0.2) is 0 Å². The molecule has 1 saturated carbocycles. The van der Waals surface area contributed by atoms with Crippen molar-refractivity contribution in [3.63, 3.8) is 0 Å². The zero-order valence-electron chi connectivity index (χ0n) is 14.5. The van der Waals surface area contributed by atoms with Crippen LogP contribution >= 0.6 is 0 Å². The molecule has 1 amide bonds. The van der Waals surface area contributed by atoms with Crippen LogP contribution in [0.3, 0.4) is 0 Å². The second-order valence-corrected chi connectivity index (χ2v) is 8.43. The molecule has 24 heavy (non-hydrogen) atoms. The molecule has 0 aliphatic heterocycles. The second kappa shape index (κ2) is 8.62. The maximum atomic E-state index is 12.2. The third-order valence-corrected chi connectivity index (χ3v) is 6.22. The van der Waals surface area contributed by atoms with Gasteiger partial charge < -0.3 is 5.32 Å². The van der Waals surface area contributed by atoms with Crippen molar-refractivity contribution < 1.29 is 13.2 Å². The second-order valence-electron chi connectivity index (χ2n) is 6.71. The van der Waals surface area contributed by atoms with Crippen LogP contribution in [0.4, 0.5) is 5.69 Å². The molecular weight excluding hydrogens is 324 g/mol. The first-order valence-electron chi connectivity index (χ1n) is 8.83. The number of sulfonamides is 1. The lowest BCUT2D eigenvalue weighted by Crippen LogP contribution is -2.31. The number of hydrogen-bond donors (Lipinski definition) is 2. The Morgan fingerprint density at radius 2 is 1.79 bits per heavy atom. The average molecular weight is 353 g/mol. The van der Waals surface area contributed by atoms with Crippen molar-refractivity contribution in [1.29, 1.82) is 0 Å². The fraction of sp³-hybridized carbons (Fsp3) is 0.611. The number of amides is 1. The highest BCUT2D eigenvalue weighted by molar-refractivity contribution is 7.89. The summed E-state index contributed by atoms with van der Waals surface area (Å²) in [4.78, 5) is 12.3. The van der Waals surface area contributed by atoms with Crippen LogP contribution < -0.4 is 10.0 Å². The Morgan fingerprint density at radius 1 is 1.17 bits per heavy atom. The van der Waals surface area contributed by atoms with Crippen LogP contribution in [-0.4, -0.2) is 20.4 Å². The molecule has 0 aromatic heterocycles. The molecule has 2 N–H and O–H groups in total. The van der Waals surface area contributed by atoms with Gasteiger partial charge in [-0.25, -0.2) is 13.1 Å². The summed E-state index contributed by atoms with van der Waals surface area (Å²) in [5.74, 6) is 0.494. The maximum Gasteiger partial charge on any atom is 0.240 e. The van der Waals surface area contributed by atoms with Crippen molar-refractivity contribution in [3.05, 3.63) is 24.3 Å². The summed E-state index contributed by atoms with van der Waals surface area (Å²) in [6, 6.07) is 6.24. The smallest absolute Gasteiger partial charge is 0.240 e. The Labute approximate surface area is 145 Å². The van der Waals surface area contributed by atoms with Crippen LogP contribution in [0.25, 0.3) is 0 Å². The van der Waals surface area contributed by atoms with E-state index in [1.165, 1.54) is 31.4 Å². The minimum absolute atomic E-state index is 0.00948. The fourth-order valence-corrected chi connectivity index (χ4v) is 4.33. The summed E-state index contributed by atoms with van der Waals surface area (Å²) in [6.45, 7) is 3.76. The van der Waals surface area contributed by atoms with E-state index in [9.17, 15) is 13.2 Å². The number of carbonyl (C=O) groups excluding carboxylic acids is 1. The van der Waals surface area contributed by atoms with E-state index in [1.807, 2.05) is 13.8 Å². The van der Waals surface area contributed by atoms with Crippen LogP contribution in [0.5, 0.6) is 0 Å². The van der Waals surface area contributed by atoms with Crippen LogP contribution in [0, 0.1) is 5.92 Å². The SMILES string of the molecule is CC[C@@H](C)NS(=O)(=O)c1ccc(NC(=O)CC2CCCCC2)cc1. The Balaban J connectivity index is 1.92. The topological polar surface area (TPSA) is 75.3 Å². The van der Waals surface area contributed by atoms with Gasteiger partial charge >= 0.3 is 0 Å². The first-order chi connectivity index (χ1) is 11.4. The minimum Gasteiger partial charge on any atom is -0.326 e. The van der Waals surface area contributed by atoms with E-state index in [-0.39, 0.29) is 16.8 Å². The van der Waals surface area contributed by atoms with Crippen molar-refractivity contribution in [2.45, 2.75) is 69.7 Å². The Bertz CT molecular complexity index is 635. The van der Waals surface area contributed by atoms with Crippen LogP contribution in [0.1, 0.15) is 58.8 Å². The number of carbonyl (C=O) groups is 1. The quantitative estimate of drug-likeness (QED) is 0.786. The lowest BCUT2D eigenvalue weighted by atomic mass is 9.87. The summed E-state index contributed by atoms with van der Waals surface area (Å²) in [5.41, 5.74) is 0.637. The zero-order valence-corrected chi connectivity index (χ0v) is 15.4. The average Bonchev–Trinajstić information content (AvgIpc) is 2.55. The van der Waals surface area contributed by atoms with Crippen LogP contribution in [0.2, 0.25) is 0 Å². The van der Waals surface area contributed by atoms with E-state index < -0.39 is 10.0 Å². The standard InChI is InChI=1S/C18H28N2O3S/c1-3-14(2)20-24(22,23)17-11-9-16(10-12-17)19-18(21)13-15-7-5-4-6-8-15/h9-12,14-15,20H,3-8,13H2,1-2H3,(H,19,21)/t14-/m1/s1. The van der Waals surface area contributed by atoms with Crippen LogP contribution in [0.15, 0.2) is 29.2 Å². The summed E-state index contributed by atoms with van der Waals surface area (Å²) in [7, 11) is -3.50. The van der Waals surface area contributed by atoms with Gasteiger partial charge in [0.2, 0.25) is 15.9 Å². The van der Waals surface area contributed by atoms with Crippen LogP contribution in [-0.2, 0) is 14.8 Å². The van der Waals surface area contributed by atoms with E-state index in [4.69, 9.17) is 0 Å². The van der Waals surface area contributed by atoms with Gasteiger partial charge in [0.05, 0.1) is 4.90 Å². The first-order valence-corrected chi connectivity index (χ1v) is 10.3. The fourth-order valence-electron chi connectivity index (χ4n) is 3.00. The van der Waals surface area contributed by atoms with Gasteiger partial charge in [-0.1, -0.05) is 26.2 Å².